The fourth-order valence-corrected chi connectivity index (χ4v) is 5.31. The van der Waals surface area contributed by atoms with Gasteiger partial charge in [0.15, 0.2) is 0 Å². The molecule has 0 amide bonds. The molecule has 0 saturated heterocycles. The highest BCUT2D eigenvalue weighted by Gasteiger charge is 2.51. The third kappa shape index (κ3) is 4.13. The van der Waals surface area contributed by atoms with Gasteiger partial charge >= 0.3 is 5.97 Å². The molecule has 2 N–H and O–H groups in total. The first-order valence-electron chi connectivity index (χ1n) is 9.63. The molecule has 3 rings (SSSR count). The van der Waals surface area contributed by atoms with Crippen molar-refractivity contribution < 1.29 is 19.7 Å². The maximum absolute atomic E-state index is 12.2. The van der Waals surface area contributed by atoms with Gasteiger partial charge in [0.2, 0.25) is 0 Å². The van der Waals surface area contributed by atoms with Crippen LogP contribution in [0, 0.1) is 19.8 Å². The van der Waals surface area contributed by atoms with E-state index in [0.717, 1.165) is 22.3 Å². The number of thioether (sulfide) groups is 1. The van der Waals surface area contributed by atoms with Gasteiger partial charge in [-0.15, -0.1) is 11.8 Å². The third-order valence-electron chi connectivity index (χ3n) is 5.77. The molecule has 5 heteroatoms. The number of methoxy groups -OCH3 is 1. The number of carbonyl (C=O) groups excluding carboxylic acids is 1. The molecule has 0 fully saturated rings. The van der Waals surface area contributed by atoms with Gasteiger partial charge < -0.3 is 14.9 Å². The van der Waals surface area contributed by atoms with Crippen LogP contribution in [-0.2, 0) is 20.7 Å². The molecular weight excluding hydrogens is 384 g/mol. The fraction of sp³-hybridized carbons (Fsp3) is 0.375. The number of aliphatic hydroxyl groups is 2. The van der Waals surface area contributed by atoms with Crippen LogP contribution in [0.15, 0.2) is 59.5 Å². The lowest BCUT2D eigenvalue weighted by Crippen LogP contribution is -2.45. The molecule has 0 aliphatic carbocycles. The predicted molar refractivity (Wildman–Crippen MR) is 116 cm³/mol. The maximum Gasteiger partial charge on any atom is 0.344 e. The Bertz CT molecular complexity index is 911. The normalized spacial score (nSPS) is 23.1. The molecule has 2 aromatic rings. The molecule has 0 aromatic heterocycles. The summed E-state index contributed by atoms with van der Waals surface area (Å²) in [6, 6.07) is 15.4. The third-order valence-corrected chi connectivity index (χ3v) is 7.34. The average molecular weight is 413 g/mol. The highest BCUT2D eigenvalue weighted by molar-refractivity contribution is 8.04. The number of ether oxygens (including phenoxy) is 1. The number of benzene rings is 2. The van der Waals surface area contributed by atoms with E-state index in [1.54, 1.807) is 19.9 Å². The van der Waals surface area contributed by atoms with Gasteiger partial charge in [-0.3, -0.25) is 0 Å². The van der Waals surface area contributed by atoms with Crippen molar-refractivity contribution >= 4 is 17.7 Å². The van der Waals surface area contributed by atoms with Crippen LogP contribution in [0.4, 0.5) is 0 Å². The lowest BCUT2D eigenvalue weighted by Gasteiger charge is -2.40. The zero-order valence-electron chi connectivity index (χ0n) is 17.5. The van der Waals surface area contributed by atoms with Gasteiger partial charge in [-0.1, -0.05) is 65.7 Å². The van der Waals surface area contributed by atoms with Gasteiger partial charge in [0.1, 0.15) is 0 Å². The summed E-state index contributed by atoms with van der Waals surface area (Å²) in [5.41, 5.74) is 1.12. The monoisotopic (exact) mass is 412 g/mol. The van der Waals surface area contributed by atoms with Crippen molar-refractivity contribution in [1.82, 2.24) is 0 Å². The summed E-state index contributed by atoms with van der Waals surface area (Å²) >= 11 is 1.26. The predicted octanol–water partition coefficient (Wildman–Crippen LogP) is 4.21. The Kier molecular flexibility index (Phi) is 5.95. The summed E-state index contributed by atoms with van der Waals surface area (Å²) in [5, 5.41) is 22.6. The Morgan fingerprint density at radius 3 is 1.79 bits per heavy atom. The van der Waals surface area contributed by atoms with Crippen LogP contribution >= 0.6 is 11.8 Å². The number of hydrogen-bond acceptors (Lipinski definition) is 5. The van der Waals surface area contributed by atoms with E-state index < -0.39 is 28.3 Å². The van der Waals surface area contributed by atoms with Gasteiger partial charge in [-0.2, -0.15) is 0 Å². The standard InChI is InChI=1S/C24H28O4S/c1-15-6-10-17(11-7-15)23(3,26)19-14-20(22(25)28-5)29-21(19)24(4,27)18-12-8-16(2)9-13-18/h6-14,19,21,26-27H,1-5H3/t19-,21-,23?,24?/m1/s1. The molecule has 2 aromatic carbocycles. The van der Waals surface area contributed by atoms with Crippen molar-refractivity contribution in [1.29, 1.82) is 0 Å². The summed E-state index contributed by atoms with van der Waals surface area (Å²) in [7, 11) is 1.34. The number of esters is 1. The Morgan fingerprint density at radius 2 is 1.34 bits per heavy atom. The van der Waals surface area contributed by atoms with Crippen molar-refractivity contribution in [3.63, 3.8) is 0 Å². The smallest absolute Gasteiger partial charge is 0.344 e. The second kappa shape index (κ2) is 7.98. The van der Waals surface area contributed by atoms with Crippen LogP contribution in [0.1, 0.15) is 36.1 Å². The maximum atomic E-state index is 12.2. The molecule has 0 saturated carbocycles. The highest BCUT2D eigenvalue weighted by atomic mass is 32.2. The minimum atomic E-state index is -1.28. The molecule has 0 bridgehead atoms. The molecule has 29 heavy (non-hydrogen) atoms. The van der Waals surface area contributed by atoms with E-state index in [1.807, 2.05) is 62.4 Å². The van der Waals surface area contributed by atoms with Gasteiger partial charge in [0.05, 0.1) is 28.5 Å². The molecule has 4 nitrogen and oxygen atoms in total. The first kappa shape index (κ1) is 21.6. The fourth-order valence-electron chi connectivity index (χ4n) is 3.78. The van der Waals surface area contributed by atoms with Gasteiger partial charge in [0.25, 0.3) is 0 Å². The molecule has 154 valence electrons. The molecule has 4 atom stereocenters. The molecule has 0 radical (unpaired) electrons. The SMILES string of the molecule is COC(=O)C1=C[C@@H](C(C)(O)c2ccc(C)cc2)[C@H](C(C)(O)c2ccc(C)cc2)S1. The van der Waals surface area contributed by atoms with Crippen LogP contribution in [0.25, 0.3) is 0 Å². The van der Waals surface area contributed by atoms with Crippen molar-refractivity contribution in [2.45, 2.75) is 44.1 Å². The van der Waals surface area contributed by atoms with E-state index in [4.69, 9.17) is 4.74 Å². The van der Waals surface area contributed by atoms with Crippen LogP contribution in [0.3, 0.4) is 0 Å². The zero-order chi connectivity index (χ0) is 21.4. The van der Waals surface area contributed by atoms with Crippen LogP contribution in [0.5, 0.6) is 0 Å². The van der Waals surface area contributed by atoms with Crippen molar-refractivity contribution in [2.24, 2.45) is 5.92 Å². The van der Waals surface area contributed by atoms with Crippen LogP contribution in [-0.4, -0.2) is 28.5 Å². The number of hydrogen-bond donors (Lipinski definition) is 2. The second-order valence-electron chi connectivity index (χ2n) is 8.11. The van der Waals surface area contributed by atoms with E-state index in [2.05, 4.69) is 0 Å². The Balaban J connectivity index is 2.06. The molecule has 0 spiro atoms. The van der Waals surface area contributed by atoms with Gasteiger partial charge in [-0.25, -0.2) is 4.79 Å². The summed E-state index contributed by atoms with van der Waals surface area (Å²) < 4.78 is 4.91. The van der Waals surface area contributed by atoms with Crippen molar-refractivity contribution in [2.75, 3.05) is 7.11 Å². The quantitative estimate of drug-likeness (QED) is 0.720. The van der Waals surface area contributed by atoms with E-state index in [-0.39, 0.29) is 0 Å². The van der Waals surface area contributed by atoms with E-state index in [9.17, 15) is 15.0 Å². The molecule has 1 aliphatic rings. The highest BCUT2D eigenvalue weighted by Crippen LogP contribution is 2.52. The van der Waals surface area contributed by atoms with Crippen LogP contribution < -0.4 is 0 Å². The summed E-state index contributed by atoms with van der Waals surface area (Å²) in [5.74, 6) is -0.956. The first-order chi connectivity index (χ1) is 13.6. The minimum Gasteiger partial charge on any atom is -0.465 e. The van der Waals surface area contributed by atoms with E-state index in [0.29, 0.717) is 4.91 Å². The summed E-state index contributed by atoms with van der Waals surface area (Å²) in [4.78, 5) is 12.7. The first-order valence-corrected chi connectivity index (χ1v) is 10.5. The second-order valence-corrected chi connectivity index (χ2v) is 9.30. The largest absolute Gasteiger partial charge is 0.465 e. The average Bonchev–Trinajstić information content (AvgIpc) is 3.15. The molecule has 1 heterocycles. The lowest BCUT2D eigenvalue weighted by atomic mass is 9.74. The van der Waals surface area contributed by atoms with E-state index >= 15 is 0 Å². The summed E-state index contributed by atoms with van der Waals surface area (Å²) in [6.45, 7) is 7.45. The zero-order valence-corrected chi connectivity index (χ0v) is 18.3. The lowest BCUT2D eigenvalue weighted by molar-refractivity contribution is -0.135. The minimum absolute atomic E-state index is 0.405. The summed E-state index contributed by atoms with van der Waals surface area (Å²) in [6.07, 6.45) is 1.74. The van der Waals surface area contributed by atoms with E-state index in [1.165, 1.54) is 18.9 Å². The number of carbonyl (C=O) groups is 1. The Hall–Kier alpha value is -2.08. The Labute approximate surface area is 176 Å². The number of rotatable bonds is 5. The van der Waals surface area contributed by atoms with Crippen LogP contribution in [0.2, 0.25) is 0 Å². The Morgan fingerprint density at radius 1 is 0.897 bits per heavy atom. The molecule has 2 unspecified atom stereocenters. The molecular formula is C24H28O4S. The van der Waals surface area contributed by atoms with Crippen molar-refractivity contribution in [3.8, 4) is 0 Å². The topological polar surface area (TPSA) is 66.8 Å². The van der Waals surface area contributed by atoms with Gasteiger partial charge in [0, 0.05) is 5.92 Å². The van der Waals surface area contributed by atoms with Gasteiger partial charge in [-0.05, 0) is 38.8 Å². The number of aryl methyl sites for hydroxylation is 2. The van der Waals surface area contributed by atoms with Crippen molar-refractivity contribution in [3.05, 3.63) is 81.8 Å². The molecule has 1 aliphatic heterocycles.